The Morgan fingerprint density at radius 1 is 0.333 bits per heavy atom. The van der Waals surface area contributed by atoms with Gasteiger partial charge in [-0.1, -0.05) is 103 Å². The smallest absolute Gasteiger partial charge is 0.160 e. The summed E-state index contributed by atoms with van der Waals surface area (Å²) in [6, 6.07) is 60.1. The van der Waals surface area contributed by atoms with Gasteiger partial charge in [-0.05, 0) is 66.7 Å². The van der Waals surface area contributed by atoms with Crippen molar-refractivity contribution in [2.24, 2.45) is 0 Å². The van der Waals surface area contributed by atoms with Gasteiger partial charge in [0.2, 0.25) is 0 Å². The molecule has 10 aromatic rings. The van der Waals surface area contributed by atoms with E-state index in [2.05, 4.69) is 161 Å². The second kappa shape index (κ2) is 10.5. The van der Waals surface area contributed by atoms with Crippen LogP contribution in [0.4, 0.5) is 0 Å². The largest absolute Gasteiger partial charge is 0.309 e. The minimum Gasteiger partial charge on any atom is -0.309 e. The number of fused-ring (bicyclic) bond motifs is 7. The molecule has 0 aliphatic carbocycles. The number of hydrogen-bond acceptors (Lipinski definition) is 2. The van der Waals surface area contributed by atoms with Gasteiger partial charge in [0.1, 0.15) is 0 Å². The lowest BCUT2D eigenvalue weighted by Gasteiger charge is -2.11. The first-order valence-electron chi connectivity index (χ1n) is 16.3. The molecule has 48 heavy (non-hydrogen) atoms. The number of hydrogen-bond donors (Lipinski definition) is 0. The molecule has 224 valence electrons. The summed E-state index contributed by atoms with van der Waals surface area (Å²) in [7, 11) is 0. The lowest BCUT2D eigenvalue weighted by molar-refractivity contribution is 1.17. The maximum absolute atomic E-state index is 5.10. The summed E-state index contributed by atoms with van der Waals surface area (Å²) in [5.74, 6) is 0.719. The highest BCUT2D eigenvalue weighted by Crippen LogP contribution is 2.40. The Hall–Kier alpha value is -6.52. The van der Waals surface area contributed by atoms with E-state index >= 15 is 0 Å². The normalized spacial score (nSPS) is 11.8. The first-order chi connectivity index (χ1) is 23.8. The van der Waals surface area contributed by atoms with Crippen LogP contribution >= 0.6 is 0 Å². The van der Waals surface area contributed by atoms with Crippen LogP contribution in [0.15, 0.2) is 170 Å². The zero-order valence-electron chi connectivity index (χ0n) is 26.0. The van der Waals surface area contributed by atoms with Gasteiger partial charge in [0.25, 0.3) is 0 Å². The minimum absolute atomic E-state index is 0.719. The molecule has 0 saturated heterocycles. The number of aromatic nitrogens is 4. The summed E-state index contributed by atoms with van der Waals surface area (Å²) in [5.41, 5.74) is 11.0. The molecule has 0 atom stereocenters. The van der Waals surface area contributed by atoms with Crippen molar-refractivity contribution in [2.75, 3.05) is 0 Å². The number of rotatable bonds is 4. The number of benzene rings is 7. The molecular formula is C44H28N4. The van der Waals surface area contributed by atoms with Crippen LogP contribution in [0.1, 0.15) is 0 Å². The van der Waals surface area contributed by atoms with Crippen LogP contribution in [0.5, 0.6) is 0 Å². The summed E-state index contributed by atoms with van der Waals surface area (Å²) in [6.45, 7) is 0. The molecule has 0 aliphatic rings. The maximum atomic E-state index is 5.10. The van der Waals surface area contributed by atoms with Crippen molar-refractivity contribution in [1.82, 2.24) is 19.1 Å². The summed E-state index contributed by atoms with van der Waals surface area (Å²) in [5, 5.41) is 5.99. The Balaban J connectivity index is 1.17. The van der Waals surface area contributed by atoms with Crippen molar-refractivity contribution < 1.29 is 0 Å². The van der Waals surface area contributed by atoms with E-state index in [0.29, 0.717) is 0 Å². The first kappa shape index (κ1) is 26.7. The predicted octanol–water partition coefficient (Wildman–Crippen LogP) is 11.2. The third-order valence-electron chi connectivity index (χ3n) is 9.51. The maximum Gasteiger partial charge on any atom is 0.160 e. The van der Waals surface area contributed by atoms with Crippen molar-refractivity contribution in [3.63, 3.8) is 0 Å². The molecule has 0 spiro atoms. The van der Waals surface area contributed by atoms with Crippen LogP contribution in [0.2, 0.25) is 0 Å². The molecule has 3 aromatic heterocycles. The lowest BCUT2D eigenvalue weighted by atomic mass is 10.1. The Morgan fingerprint density at radius 2 is 0.833 bits per heavy atom. The third-order valence-corrected chi connectivity index (χ3v) is 9.51. The third kappa shape index (κ3) is 4.03. The van der Waals surface area contributed by atoms with Crippen molar-refractivity contribution in [3.8, 4) is 34.0 Å². The van der Waals surface area contributed by atoms with Gasteiger partial charge in [0.15, 0.2) is 5.82 Å². The quantitative estimate of drug-likeness (QED) is 0.198. The molecule has 7 aromatic carbocycles. The van der Waals surface area contributed by atoms with Crippen LogP contribution in [0.3, 0.4) is 0 Å². The van der Waals surface area contributed by atoms with Gasteiger partial charge in [0.05, 0.1) is 33.3 Å². The topological polar surface area (TPSA) is 35.6 Å². The lowest BCUT2D eigenvalue weighted by Crippen LogP contribution is -1.97. The van der Waals surface area contributed by atoms with E-state index in [0.717, 1.165) is 44.9 Å². The number of nitrogens with zero attached hydrogens (tertiary/aromatic N) is 4. The van der Waals surface area contributed by atoms with Crippen LogP contribution in [-0.2, 0) is 0 Å². The Labute approximate surface area is 276 Å². The molecule has 0 aliphatic heterocycles. The fourth-order valence-corrected chi connectivity index (χ4v) is 7.35. The number of para-hydroxylation sites is 4. The molecule has 0 saturated carbocycles. The van der Waals surface area contributed by atoms with E-state index in [-0.39, 0.29) is 0 Å². The van der Waals surface area contributed by atoms with Crippen LogP contribution in [0, 0.1) is 0 Å². The minimum atomic E-state index is 0.719. The second-order valence-corrected chi connectivity index (χ2v) is 12.3. The fourth-order valence-electron chi connectivity index (χ4n) is 7.35. The second-order valence-electron chi connectivity index (χ2n) is 12.3. The van der Waals surface area contributed by atoms with E-state index in [1.807, 2.05) is 18.2 Å². The van der Waals surface area contributed by atoms with Gasteiger partial charge in [-0.25, -0.2) is 9.97 Å². The highest BCUT2D eigenvalue weighted by Gasteiger charge is 2.19. The summed E-state index contributed by atoms with van der Waals surface area (Å²) in [6.07, 6.45) is 0. The van der Waals surface area contributed by atoms with E-state index in [4.69, 9.17) is 9.97 Å². The van der Waals surface area contributed by atoms with Gasteiger partial charge >= 0.3 is 0 Å². The van der Waals surface area contributed by atoms with Gasteiger partial charge < -0.3 is 9.13 Å². The average molecular weight is 613 g/mol. The van der Waals surface area contributed by atoms with Crippen molar-refractivity contribution in [3.05, 3.63) is 170 Å². The average Bonchev–Trinajstić information content (AvgIpc) is 3.66. The van der Waals surface area contributed by atoms with Gasteiger partial charge in [-0.3, -0.25) is 0 Å². The Bertz CT molecular complexity index is 2810. The molecule has 3 heterocycles. The standard InChI is InChI=1S/C44H28N4/c1-3-13-29(14-4-1)43-35-19-7-10-20-38(35)45-44(46-43)30-23-25-32(26-24-30)48-40-22-12-9-18-34(40)37-27-41-36(28-42(37)48)33-17-8-11-21-39(33)47(41)31-15-5-2-6-16-31/h1-28H. The summed E-state index contributed by atoms with van der Waals surface area (Å²) >= 11 is 0. The van der Waals surface area contributed by atoms with E-state index in [1.54, 1.807) is 0 Å². The molecule has 4 nitrogen and oxygen atoms in total. The van der Waals surface area contributed by atoms with Crippen molar-refractivity contribution in [1.29, 1.82) is 0 Å². The van der Waals surface area contributed by atoms with Crippen molar-refractivity contribution >= 4 is 54.5 Å². The predicted molar refractivity (Wildman–Crippen MR) is 199 cm³/mol. The SMILES string of the molecule is c1ccc(-c2nc(-c3ccc(-n4c5ccccc5c5cc6c(cc54)c4ccccc4n6-c4ccccc4)cc3)nc3ccccc23)cc1. The zero-order valence-corrected chi connectivity index (χ0v) is 26.0. The van der Waals surface area contributed by atoms with Crippen LogP contribution < -0.4 is 0 Å². The highest BCUT2D eigenvalue weighted by molar-refractivity contribution is 6.19. The summed E-state index contributed by atoms with van der Waals surface area (Å²) < 4.78 is 4.78. The van der Waals surface area contributed by atoms with E-state index in [9.17, 15) is 0 Å². The summed E-state index contributed by atoms with van der Waals surface area (Å²) in [4.78, 5) is 10.1. The molecule has 0 amide bonds. The van der Waals surface area contributed by atoms with E-state index < -0.39 is 0 Å². The Kier molecular flexibility index (Phi) is 5.84. The molecule has 10 rings (SSSR count). The van der Waals surface area contributed by atoms with Crippen LogP contribution in [-0.4, -0.2) is 19.1 Å². The van der Waals surface area contributed by atoms with Gasteiger partial charge in [-0.2, -0.15) is 0 Å². The van der Waals surface area contributed by atoms with E-state index in [1.165, 1.54) is 43.6 Å². The molecule has 0 radical (unpaired) electrons. The molecule has 0 fully saturated rings. The zero-order chi connectivity index (χ0) is 31.6. The van der Waals surface area contributed by atoms with Crippen molar-refractivity contribution in [2.45, 2.75) is 0 Å². The van der Waals surface area contributed by atoms with Gasteiger partial charge in [0, 0.05) is 49.4 Å². The monoisotopic (exact) mass is 612 g/mol. The molecular weight excluding hydrogens is 585 g/mol. The van der Waals surface area contributed by atoms with Crippen LogP contribution in [0.25, 0.3) is 88.5 Å². The molecule has 0 bridgehead atoms. The van der Waals surface area contributed by atoms with Gasteiger partial charge in [-0.15, -0.1) is 0 Å². The molecule has 4 heteroatoms. The Morgan fingerprint density at radius 3 is 1.46 bits per heavy atom. The first-order valence-corrected chi connectivity index (χ1v) is 16.3. The highest BCUT2D eigenvalue weighted by atomic mass is 15.0. The molecule has 0 unspecified atom stereocenters. The fraction of sp³-hybridized carbons (Fsp3) is 0. The molecule has 0 N–H and O–H groups in total.